The van der Waals surface area contributed by atoms with Gasteiger partial charge in [-0.15, -0.1) is 0 Å². The Balaban J connectivity index is 0.00000225. The van der Waals surface area contributed by atoms with Crippen LogP contribution in [0.3, 0.4) is 0 Å². The van der Waals surface area contributed by atoms with Crippen LogP contribution in [0.5, 0.6) is 0 Å². The number of para-hydroxylation sites is 2. The summed E-state index contributed by atoms with van der Waals surface area (Å²) >= 11 is 0. The lowest BCUT2D eigenvalue weighted by molar-refractivity contribution is -0.596. The topological polar surface area (TPSA) is 7.76 Å². The molecule has 0 saturated heterocycles. The van der Waals surface area contributed by atoms with Crippen molar-refractivity contribution in [2.24, 2.45) is 0 Å². The SMILES string of the molecule is C.CC(C)c1ccccc1-[n+]1ccc(-c2cc[n+](-c3ccccc3)cc2)cc1. The molecule has 0 fully saturated rings. The zero-order valence-electron chi connectivity index (χ0n) is 15.8. The molecule has 2 heteroatoms. The highest BCUT2D eigenvalue weighted by Gasteiger charge is 2.14. The van der Waals surface area contributed by atoms with Crippen LogP contribution >= 0.6 is 0 Å². The van der Waals surface area contributed by atoms with Crippen molar-refractivity contribution in [2.75, 3.05) is 0 Å². The van der Waals surface area contributed by atoms with Gasteiger partial charge in [-0.3, -0.25) is 0 Å². The highest BCUT2D eigenvalue weighted by molar-refractivity contribution is 5.61. The Bertz CT molecular complexity index is 1020. The van der Waals surface area contributed by atoms with Crippen molar-refractivity contribution >= 4 is 0 Å². The lowest BCUT2D eigenvalue weighted by Crippen LogP contribution is -2.31. The number of hydrogen-bond acceptors (Lipinski definition) is 0. The molecule has 4 rings (SSSR count). The zero-order chi connectivity index (χ0) is 18.6. The molecular formula is C26H28N2+2. The van der Waals surface area contributed by atoms with Crippen LogP contribution < -0.4 is 9.13 Å². The smallest absolute Gasteiger partial charge is 0.167 e. The second kappa shape index (κ2) is 8.62. The number of rotatable bonds is 4. The summed E-state index contributed by atoms with van der Waals surface area (Å²) in [5.41, 5.74) is 6.20. The highest BCUT2D eigenvalue weighted by Crippen LogP contribution is 2.20. The third kappa shape index (κ3) is 4.01. The van der Waals surface area contributed by atoms with E-state index < -0.39 is 0 Å². The van der Waals surface area contributed by atoms with Crippen LogP contribution in [0.4, 0.5) is 0 Å². The summed E-state index contributed by atoms with van der Waals surface area (Å²) in [6, 6.07) is 27.6. The summed E-state index contributed by atoms with van der Waals surface area (Å²) in [4.78, 5) is 0. The van der Waals surface area contributed by atoms with E-state index in [2.05, 4.69) is 121 Å². The van der Waals surface area contributed by atoms with E-state index in [-0.39, 0.29) is 7.43 Å². The molecule has 0 bridgehead atoms. The molecular weight excluding hydrogens is 340 g/mol. The molecule has 0 unspecified atom stereocenters. The predicted molar refractivity (Wildman–Crippen MR) is 116 cm³/mol. The summed E-state index contributed by atoms with van der Waals surface area (Å²) in [5, 5.41) is 0. The van der Waals surface area contributed by atoms with Gasteiger partial charge in [-0.2, -0.15) is 9.13 Å². The molecule has 0 N–H and O–H groups in total. The summed E-state index contributed by atoms with van der Waals surface area (Å²) in [6.45, 7) is 4.47. The first-order valence-electron chi connectivity index (χ1n) is 9.40. The van der Waals surface area contributed by atoms with Crippen molar-refractivity contribution in [1.29, 1.82) is 0 Å². The van der Waals surface area contributed by atoms with Gasteiger partial charge in [-0.05, 0) is 17.0 Å². The summed E-state index contributed by atoms with van der Waals surface area (Å²) in [6.07, 6.45) is 8.52. The largest absolute Gasteiger partial charge is 0.214 e. The number of pyridine rings is 2. The first-order chi connectivity index (χ1) is 13.2. The van der Waals surface area contributed by atoms with Crippen molar-refractivity contribution in [3.05, 3.63) is 109 Å². The van der Waals surface area contributed by atoms with Gasteiger partial charge in [0, 0.05) is 48.0 Å². The molecule has 140 valence electrons. The quantitative estimate of drug-likeness (QED) is 0.410. The number of nitrogens with zero attached hydrogens (tertiary/aromatic N) is 2. The number of benzene rings is 2. The third-order valence-corrected chi connectivity index (χ3v) is 4.88. The molecule has 28 heavy (non-hydrogen) atoms. The third-order valence-electron chi connectivity index (χ3n) is 4.88. The summed E-state index contributed by atoms with van der Waals surface area (Å²) in [7, 11) is 0. The van der Waals surface area contributed by atoms with Gasteiger partial charge in [0.25, 0.3) is 0 Å². The second-order valence-corrected chi connectivity index (χ2v) is 7.04. The van der Waals surface area contributed by atoms with Gasteiger partial charge in [0.1, 0.15) is 0 Å². The van der Waals surface area contributed by atoms with E-state index in [0.717, 1.165) is 0 Å². The molecule has 2 aromatic carbocycles. The molecule has 0 aliphatic heterocycles. The van der Waals surface area contributed by atoms with Gasteiger partial charge in [-0.25, -0.2) is 0 Å². The maximum absolute atomic E-state index is 2.24. The lowest BCUT2D eigenvalue weighted by Gasteiger charge is -2.08. The fraction of sp³-hybridized carbons (Fsp3) is 0.154. The molecule has 4 aromatic rings. The van der Waals surface area contributed by atoms with Crippen molar-refractivity contribution < 1.29 is 9.13 Å². The first kappa shape index (κ1) is 19.5. The van der Waals surface area contributed by atoms with E-state index in [1.807, 2.05) is 6.07 Å². The molecule has 0 aliphatic rings. The van der Waals surface area contributed by atoms with Gasteiger partial charge in [-0.1, -0.05) is 57.7 Å². The Labute approximate surface area is 168 Å². The average molecular weight is 369 g/mol. The van der Waals surface area contributed by atoms with E-state index in [1.54, 1.807) is 0 Å². The fourth-order valence-electron chi connectivity index (χ4n) is 3.38. The minimum Gasteiger partial charge on any atom is -0.167 e. The Hall–Kier alpha value is -3.26. The van der Waals surface area contributed by atoms with E-state index in [4.69, 9.17) is 0 Å². The molecule has 0 amide bonds. The Morgan fingerprint density at radius 2 is 1.07 bits per heavy atom. The Kier molecular flexibility index (Phi) is 6.00. The molecule has 0 radical (unpaired) electrons. The molecule has 2 aromatic heterocycles. The van der Waals surface area contributed by atoms with Gasteiger partial charge in [0.15, 0.2) is 24.8 Å². The first-order valence-corrected chi connectivity index (χ1v) is 9.40. The van der Waals surface area contributed by atoms with Crippen molar-refractivity contribution in [3.63, 3.8) is 0 Å². The van der Waals surface area contributed by atoms with Gasteiger partial charge in [0.2, 0.25) is 11.4 Å². The van der Waals surface area contributed by atoms with Gasteiger partial charge in [0.05, 0.1) is 0 Å². The summed E-state index contributed by atoms with van der Waals surface area (Å²) < 4.78 is 4.33. The number of aromatic nitrogens is 2. The normalized spacial score (nSPS) is 10.5. The second-order valence-electron chi connectivity index (χ2n) is 7.04. The molecule has 2 nitrogen and oxygen atoms in total. The monoisotopic (exact) mass is 368 g/mol. The van der Waals surface area contributed by atoms with E-state index in [1.165, 1.54) is 28.1 Å². The van der Waals surface area contributed by atoms with Crippen molar-refractivity contribution in [1.82, 2.24) is 0 Å². The van der Waals surface area contributed by atoms with Gasteiger partial charge < -0.3 is 0 Å². The minimum absolute atomic E-state index is 0. The predicted octanol–water partition coefficient (Wildman–Crippen LogP) is 5.67. The van der Waals surface area contributed by atoms with Crippen LogP contribution in [0, 0.1) is 0 Å². The average Bonchev–Trinajstić information content (AvgIpc) is 2.75. The van der Waals surface area contributed by atoms with Crippen LogP contribution in [-0.4, -0.2) is 0 Å². The van der Waals surface area contributed by atoms with Crippen LogP contribution in [0.2, 0.25) is 0 Å². The maximum Gasteiger partial charge on any atom is 0.214 e. The van der Waals surface area contributed by atoms with Crippen LogP contribution in [0.1, 0.15) is 32.8 Å². The standard InChI is InChI=1S/C25H24N2.CH4/c1-20(2)24-10-6-7-11-25(24)27-18-14-22(15-19-27)21-12-16-26(17-13-21)23-8-4-3-5-9-23;/h3-20H,1-2H3;1H4/q+2;. The van der Waals surface area contributed by atoms with E-state index in [0.29, 0.717) is 5.92 Å². The summed E-state index contributed by atoms with van der Waals surface area (Å²) in [5.74, 6) is 0.496. The molecule has 0 spiro atoms. The zero-order valence-corrected chi connectivity index (χ0v) is 15.8. The highest BCUT2D eigenvalue weighted by atomic mass is 14.9. The van der Waals surface area contributed by atoms with Crippen molar-refractivity contribution in [3.8, 4) is 22.5 Å². The molecule has 0 atom stereocenters. The van der Waals surface area contributed by atoms with Crippen LogP contribution in [0.25, 0.3) is 22.5 Å². The van der Waals surface area contributed by atoms with E-state index >= 15 is 0 Å². The Morgan fingerprint density at radius 1 is 0.571 bits per heavy atom. The molecule has 2 heterocycles. The van der Waals surface area contributed by atoms with E-state index in [9.17, 15) is 0 Å². The number of hydrogen-bond donors (Lipinski definition) is 0. The fourth-order valence-corrected chi connectivity index (χ4v) is 3.38. The van der Waals surface area contributed by atoms with Crippen LogP contribution in [0.15, 0.2) is 104 Å². The maximum atomic E-state index is 2.24. The minimum atomic E-state index is 0. The molecule has 0 aliphatic carbocycles. The van der Waals surface area contributed by atoms with Crippen molar-refractivity contribution in [2.45, 2.75) is 27.2 Å². The Morgan fingerprint density at radius 3 is 1.64 bits per heavy atom. The van der Waals surface area contributed by atoms with Gasteiger partial charge >= 0.3 is 0 Å². The lowest BCUT2D eigenvalue weighted by atomic mass is 10.0. The molecule has 0 saturated carbocycles. The van der Waals surface area contributed by atoms with Crippen LogP contribution in [-0.2, 0) is 0 Å².